The maximum atomic E-state index is 11.4. The average molecular weight is 276 g/mol. The molecule has 5 heteroatoms. The van der Waals surface area contributed by atoms with Crippen LogP contribution >= 0.6 is 23.2 Å². The van der Waals surface area contributed by atoms with Crippen molar-refractivity contribution in [3.05, 3.63) is 28.2 Å². The first-order chi connectivity index (χ1) is 7.93. The summed E-state index contributed by atoms with van der Waals surface area (Å²) >= 11 is 11.8. The number of rotatable bonds is 4. The summed E-state index contributed by atoms with van der Waals surface area (Å²) in [7, 11) is 1.38. The highest BCUT2D eigenvalue weighted by atomic mass is 35.5. The zero-order valence-corrected chi connectivity index (χ0v) is 11.5. The van der Waals surface area contributed by atoms with E-state index in [2.05, 4.69) is 10.1 Å². The molecule has 0 heterocycles. The van der Waals surface area contributed by atoms with Gasteiger partial charge in [-0.15, -0.1) is 0 Å². The van der Waals surface area contributed by atoms with Crippen LogP contribution in [-0.2, 0) is 9.53 Å². The second-order valence-electron chi connectivity index (χ2n) is 3.90. The minimum absolute atomic E-state index is 0.0722. The third-order valence-electron chi connectivity index (χ3n) is 2.58. The van der Waals surface area contributed by atoms with Crippen molar-refractivity contribution < 1.29 is 9.53 Å². The number of benzene rings is 1. The van der Waals surface area contributed by atoms with Gasteiger partial charge in [0, 0.05) is 21.8 Å². The number of carbonyl (C=O) groups excluding carboxylic acids is 1. The van der Waals surface area contributed by atoms with Crippen LogP contribution in [0.1, 0.15) is 13.8 Å². The van der Waals surface area contributed by atoms with Crippen LogP contribution in [0.2, 0.25) is 10.0 Å². The lowest BCUT2D eigenvalue weighted by atomic mass is 10.0. The van der Waals surface area contributed by atoms with E-state index in [1.165, 1.54) is 7.11 Å². The van der Waals surface area contributed by atoms with Gasteiger partial charge >= 0.3 is 5.97 Å². The summed E-state index contributed by atoms with van der Waals surface area (Å²) in [6.45, 7) is 3.70. The van der Waals surface area contributed by atoms with Crippen LogP contribution in [0.25, 0.3) is 0 Å². The van der Waals surface area contributed by atoms with Crippen LogP contribution in [0.3, 0.4) is 0 Å². The van der Waals surface area contributed by atoms with E-state index in [0.717, 1.165) is 5.69 Å². The topological polar surface area (TPSA) is 38.3 Å². The summed E-state index contributed by atoms with van der Waals surface area (Å²) in [4.78, 5) is 11.4. The molecule has 0 aromatic heterocycles. The van der Waals surface area contributed by atoms with Crippen LogP contribution in [0.4, 0.5) is 5.69 Å². The monoisotopic (exact) mass is 275 g/mol. The Morgan fingerprint density at radius 3 is 2.24 bits per heavy atom. The molecular weight excluding hydrogens is 261 g/mol. The van der Waals surface area contributed by atoms with Gasteiger partial charge in [-0.2, -0.15) is 0 Å². The summed E-state index contributed by atoms with van der Waals surface area (Å²) < 4.78 is 4.69. The number of esters is 1. The molecule has 0 saturated heterocycles. The van der Waals surface area contributed by atoms with Crippen molar-refractivity contribution in [1.29, 1.82) is 0 Å². The van der Waals surface area contributed by atoms with Crippen molar-refractivity contribution in [2.45, 2.75) is 19.9 Å². The van der Waals surface area contributed by atoms with Crippen molar-refractivity contribution in [2.24, 2.45) is 5.92 Å². The van der Waals surface area contributed by atoms with Crippen LogP contribution in [0, 0.1) is 5.92 Å². The molecule has 1 aromatic rings. The molecule has 1 aromatic carbocycles. The zero-order chi connectivity index (χ0) is 13.0. The molecule has 0 aliphatic carbocycles. The van der Waals surface area contributed by atoms with E-state index in [4.69, 9.17) is 23.2 Å². The molecule has 0 fully saturated rings. The molecule has 0 amide bonds. The third-order valence-corrected chi connectivity index (χ3v) is 3.02. The number of ether oxygens (including phenoxy) is 1. The predicted molar refractivity (Wildman–Crippen MR) is 70.7 cm³/mol. The molecule has 17 heavy (non-hydrogen) atoms. The number of hydrogen-bond acceptors (Lipinski definition) is 3. The normalized spacial score (nSPS) is 13.9. The van der Waals surface area contributed by atoms with Crippen molar-refractivity contribution >= 4 is 34.9 Å². The van der Waals surface area contributed by atoms with E-state index >= 15 is 0 Å². The standard InChI is InChI=1S/C12H15Cl2NO2/c1-7(12(16)17-3)8(2)15-11-5-9(13)4-10(14)6-11/h4-8,15H,1-3H3. The van der Waals surface area contributed by atoms with Crippen LogP contribution < -0.4 is 5.32 Å². The van der Waals surface area contributed by atoms with E-state index in [0.29, 0.717) is 10.0 Å². The lowest BCUT2D eigenvalue weighted by Gasteiger charge is -2.20. The van der Waals surface area contributed by atoms with Crippen LogP contribution in [0.15, 0.2) is 18.2 Å². The number of carbonyl (C=O) groups is 1. The Morgan fingerprint density at radius 2 is 1.76 bits per heavy atom. The van der Waals surface area contributed by atoms with Crippen molar-refractivity contribution in [1.82, 2.24) is 0 Å². The first-order valence-electron chi connectivity index (χ1n) is 5.24. The summed E-state index contributed by atoms with van der Waals surface area (Å²) in [5.74, 6) is -0.504. The van der Waals surface area contributed by atoms with Gasteiger partial charge in [0.25, 0.3) is 0 Å². The predicted octanol–water partition coefficient (Wildman–Crippen LogP) is 3.60. The smallest absolute Gasteiger partial charge is 0.310 e. The molecule has 0 aliphatic heterocycles. The average Bonchev–Trinajstić information content (AvgIpc) is 2.25. The van der Waals surface area contributed by atoms with Gasteiger partial charge in [0.05, 0.1) is 13.0 Å². The van der Waals surface area contributed by atoms with E-state index in [-0.39, 0.29) is 17.9 Å². The van der Waals surface area contributed by atoms with Crippen molar-refractivity contribution in [2.75, 3.05) is 12.4 Å². The largest absolute Gasteiger partial charge is 0.469 e. The minimum Gasteiger partial charge on any atom is -0.469 e. The molecule has 1 rings (SSSR count). The molecule has 94 valence electrons. The molecule has 0 spiro atoms. The third kappa shape index (κ3) is 4.10. The highest BCUT2D eigenvalue weighted by Crippen LogP contribution is 2.24. The minimum atomic E-state index is -0.252. The van der Waals surface area contributed by atoms with E-state index in [9.17, 15) is 4.79 Å². The molecule has 3 nitrogen and oxygen atoms in total. The van der Waals surface area contributed by atoms with Gasteiger partial charge in [0.15, 0.2) is 0 Å². The lowest BCUT2D eigenvalue weighted by Crippen LogP contribution is -2.30. The van der Waals surface area contributed by atoms with E-state index < -0.39 is 0 Å². The fourth-order valence-corrected chi connectivity index (χ4v) is 1.94. The molecule has 0 saturated carbocycles. The molecule has 1 N–H and O–H groups in total. The maximum Gasteiger partial charge on any atom is 0.310 e. The van der Waals surface area contributed by atoms with Gasteiger partial charge in [-0.05, 0) is 32.0 Å². The number of hydrogen-bond donors (Lipinski definition) is 1. The van der Waals surface area contributed by atoms with Crippen LogP contribution in [-0.4, -0.2) is 19.1 Å². The molecule has 0 aliphatic rings. The highest BCUT2D eigenvalue weighted by Gasteiger charge is 2.20. The van der Waals surface area contributed by atoms with Gasteiger partial charge in [-0.3, -0.25) is 4.79 Å². The van der Waals surface area contributed by atoms with Crippen molar-refractivity contribution in [3.8, 4) is 0 Å². The van der Waals surface area contributed by atoms with Gasteiger partial charge in [-0.25, -0.2) is 0 Å². The zero-order valence-electron chi connectivity index (χ0n) is 9.96. The Hall–Kier alpha value is -0.930. The number of halogens is 2. The van der Waals surface area contributed by atoms with Gasteiger partial charge in [0.1, 0.15) is 0 Å². The Labute approximate surface area is 111 Å². The first-order valence-corrected chi connectivity index (χ1v) is 6.00. The second-order valence-corrected chi connectivity index (χ2v) is 4.78. The Morgan fingerprint density at radius 1 is 1.24 bits per heavy atom. The molecule has 2 atom stereocenters. The number of anilines is 1. The fraction of sp³-hybridized carbons (Fsp3) is 0.417. The SMILES string of the molecule is COC(=O)C(C)C(C)Nc1cc(Cl)cc(Cl)c1. The number of methoxy groups -OCH3 is 1. The maximum absolute atomic E-state index is 11.4. The van der Waals surface area contributed by atoms with Gasteiger partial charge < -0.3 is 10.1 Å². The fourth-order valence-electron chi connectivity index (χ4n) is 1.42. The second kappa shape index (κ2) is 6.12. The van der Waals surface area contributed by atoms with E-state index in [1.54, 1.807) is 25.1 Å². The van der Waals surface area contributed by atoms with Gasteiger partial charge in [0.2, 0.25) is 0 Å². The molecule has 0 radical (unpaired) electrons. The number of nitrogens with one attached hydrogen (secondary N) is 1. The van der Waals surface area contributed by atoms with E-state index in [1.807, 2.05) is 6.92 Å². The molecule has 2 unspecified atom stereocenters. The first kappa shape index (κ1) is 14.1. The van der Waals surface area contributed by atoms with Crippen molar-refractivity contribution in [3.63, 3.8) is 0 Å². The van der Waals surface area contributed by atoms with Gasteiger partial charge in [-0.1, -0.05) is 23.2 Å². The van der Waals surface area contributed by atoms with Crippen LogP contribution in [0.5, 0.6) is 0 Å². The quantitative estimate of drug-likeness (QED) is 0.854. The molecular formula is C12H15Cl2NO2. The highest BCUT2D eigenvalue weighted by molar-refractivity contribution is 6.35. The molecule has 0 bridgehead atoms. The summed E-state index contributed by atoms with van der Waals surface area (Å²) in [5, 5.41) is 4.28. The Kier molecular flexibility index (Phi) is 5.09. The Bertz CT molecular complexity index is 389. The Balaban J connectivity index is 2.73. The summed E-state index contributed by atoms with van der Waals surface area (Å²) in [6.07, 6.45) is 0. The lowest BCUT2D eigenvalue weighted by molar-refractivity contribution is -0.145. The summed E-state index contributed by atoms with van der Waals surface area (Å²) in [5.41, 5.74) is 0.783. The summed E-state index contributed by atoms with van der Waals surface area (Å²) in [6, 6.07) is 5.10.